The highest BCUT2D eigenvalue weighted by atomic mass is 32.1. The van der Waals surface area contributed by atoms with Crippen molar-refractivity contribution in [2.75, 3.05) is 18.0 Å². The van der Waals surface area contributed by atoms with Gasteiger partial charge in [0.2, 0.25) is 5.91 Å². The Hall–Kier alpha value is -2.41. The van der Waals surface area contributed by atoms with E-state index in [4.69, 9.17) is 0 Å². The summed E-state index contributed by atoms with van der Waals surface area (Å²) in [5.74, 6) is 1.01. The number of anilines is 1. The highest BCUT2D eigenvalue weighted by Gasteiger charge is 2.19. The second-order valence-electron chi connectivity index (χ2n) is 6.79. The largest absolute Gasteiger partial charge is 0.357 e. The van der Waals surface area contributed by atoms with Crippen molar-refractivity contribution < 1.29 is 4.79 Å². The number of rotatable bonds is 7. The van der Waals surface area contributed by atoms with Gasteiger partial charge in [0.25, 0.3) is 0 Å². The van der Waals surface area contributed by atoms with E-state index in [1.54, 1.807) is 11.3 Å². The van der Waals surface area contributed by atoms with Crippen molar-refractivity contribution in [1.82, 2.24) is 15.6 Å². The third kappa shape index (κ3) is 5.55. The highest BCUT2D eigenvalue weighted by Crippen LogP contribution is 2.21. The number of carbonyl (C=O) groups is 1. The zero-order valence-electron chi connectivity index (χ0n) is 16.7. The van der Waals surface area contributed by atoms with Crippen molar-refractivity contribution in [1.29, 1.82) is 0 Å². The van der Waals surface area contributed by atoms with E-state index >= 15 is 0 Å². The second kappa shape index (κ2) is 10.2. The van der Waals surface area contributed by atoms with Gasteiger partial charge < -0.3 is 15.5 Å². The zero-order chi connectivity index (χ0) is 19.8. The lowest BCUT2D eigenvalue weighted by molar-refractivity contribution is -0.119. The molecule has 1 amide bonds. The van der Waals surface area contributed by atoms with Crippen molar-refractivity contribution in [3.05, 3.63) is 45.9 Å². The van der Waals surface area contributed by atoms with Crippen molar-refractivity contribution in [3.8, 4) is 0 Å². The van der Waals surface area contributed by atoms with Crippen LogP contribution in [0.1, 0.15) is 48.6 Å². The van der Waals surface area contributed by atoms with Crippen LogP contribution in [0.15, 0.2) is 35.5 Å². The Balaban J connectivity index is 1.58. The molecule has 0 atom stereocenters. The van der Waals surface area contributed by atoms with E-state index in [2.05, 4.69) is 46.6 Å². The van der Waals surface area contributed by atoms with Gasteiger partial charge in [-0.1, -0.05) is 19.1 Å². The maximum Gasteiger partial charge on any atom is 0.226 e. The molecule has 2 heterocycles. The average molecular weight is 400 g/mol. The fourth-order valence-corrected chi connectivity index (χ4v) is 3.93. The molecule has 0 bridgehead atoms. The molecule has 0 aliphatic carbocycles. The van der Waals surface area contributed by atoms with E-state index in [9.17, 15) is 4.79 Å². The molecule has 1 saturated heterocycles. The summed E-state index contributed by atoms with van der Waals surface area (Å²) in [5, 5.41) is 7.69. The van der Waals surface area contributed by atoms with Crippen LogP contribution < -0.4 is 15.5 Å². The van der Waals surface area contributed by atoms with Crippen LogP contribution in [0.25, 0.3) is 0 Å². The first-order valence-corrected chi connectivity index (χ1v) is 10.9. The van der Waals surface area contributed by atoms with Gasteiger partial charge in [0, 0.05) is 36.3 Å². The summed E-state index contributed by atoms with van der Waals surface area (Å²) < 4.78 is 0. The average Bonchev–Trinajstić information content (AvgIpc) is 3.19. The Kier molecular flexibility index (Phi) is 7.42. The Morgan fingerprint density at radius 3 is 2.71 bits per heavy atom. The third-order valence-corrected chi connectivity index (χ3v) is 5.83. The second-order valence-corrected chi connectivity index (χ2v) is 7.99. The van der Waals surface area contributed by atoms with Gasteiger partial charge in [0.05, 0.1) is 13.1 Å². The first-order chi connectivity index (χ1) is 13.7. The monoisotopic (exact) mass is 399 g/mol. The SMILES string of the molecule is CCNC(=NCc1ccc(N2CCCCC2=O)cc1)NCc1ncc(CC)s1. The fourth-order valence-electron chi connectivity index (χ4n) is 3.12. The normalized spacial score (nSPS) is 15.0. The first-order valence-electron chi connectivity index (χ1n) is 10.0. The van der Waals surface area contributed by atoms with Gasteiger partial charge in [-0.15, -0.1) is 11.3 Å². The Bertz CT molecular complexity index is 799. The van der Waals surface area contributed by atoms with Crippen LogP contribution in [0.3, 0.4) is 0 Å². The van der Waals surface area contributed by atoms with Crippen LogP contribution in [-0.4, -0.2) is 29.9 Å². The molecule has 1 aromatic carbocycles. The Morgan fingerprint density at radius 2 is 2.04 bits per heavy atom. The van der Waals surface area contributed by atoms with Crippen LogP contribution in [-0.2, 0) is 24.3 Å². The minimum atomic E-state index is 0.226. The zero-order valence-corrected chi connectivity index (χ0v) is 17.5. The molecular formula is C21H29N5OS. The van der Waals surface area contributed by atoms with Gasteiger partial charge in [-0.25, -0.2) is 9.98 Å². The van der Waals surface area contributed by atoms with Crippen LogP contribution in [0.5, 0.6) is 0 Å². The standard InChI is InChI=1S/C21H29N5OS/c1-3-18-14-23-19(28-18)15-25-21(22-4-2)24-13-16-8-10-17(11-9-16)26-12-6-5-7-20(26)27/h8-11,14H,3-7,12-13,15H2,1-2H3,(H2,22,24,25). The number of hydrogen-bond donors (Lipinski definition) is 2. The minimum Gasteiger partial charge on any atom is -0.357 e. The molecule has 1 aliphatic rings. The quantitative estimate of drug-likeness (QED) is 0.552. The molecule has 150 valence electrons. The Morgan fingerprint density at radius 1 is 1.21 bits per heavy atom. The van der Waals surface area contributed by atoms with Gasteiger partial charge in [0.1, 0.15) is 5.01 Å². The van der Waals surface area contributed by atoms with Gasteiger partial charge in [-0.3, -0.25) is 4.79 Å². The van der Waals surface area contributed by atoms with E-state index in [0.717, 1.165) is 54.6 Å². The molecule has 0 unspecified atom stereocenters. The molecule has 1 fully saturated rings. The van der Waals surface area contributed by atoms with Crippen LogP contribution >= 0.6 is 11.3 Å². The lowest BCUT2D eigenvalue weighted by Crippen LogP contribution is -2.36. The molecule has 3 rings (SSSR count). The molecule has 0 saturated carbocycles. The summed E-state index contributed by atoms with van der Waals surface area (Å²) in [7, 11) is 0. The number of aliphatic imine (C=N–C) groups is 1. The summed E-state index contributed by atoms with van der Waals surface area (Å²) in [6.07, 6.45) is 5.70. The molecular weight excluding hydrogens is 370 g/mol. The summed E-state index contributed by atoms with van der Waals surface area (Å²) in [6.45, 7) is 7.08. The van der Waals surface area contributed by atoms with Crippen LogP contribution in [0, 0.1) is 0 Å². The van der Waals surface area contributed by atoms with Gasteiger partial charge in [-0.2, -0.15) is 0 Å². The number of carbonyl (C=O) groups excluding carboxylic acids is 1. The number of guanidine groups is 1. The maximum absolute atomic E-state index is 12.1. The first kappa shape index (κ1) is 20.3. The lowest BCUT2D eigenvalue weighted by atomic mass is 10.1. The summed E-state index contributed by atoms with van der Waals surface area (Å²) in [5.41, 5.74) is 2.10. The summed E-state index contributed by atoms with van der Waals surface area (Å²) in [6, 6.07) is 8.16. The number of amides is 1. The van der Waals surface area contributed by atoms with Crippen molar-refractivity contribution in [2.24, 2.45) is 4.99 Å². The van der Waals surface area contributed by atoms with Crippen molar-refractivity contribution in [3.63, 3.8) is 0 Å². The minimum absolute atomic E-state index is 0.226. The number of aromatic nitrogens is 1. The topological polar surface area (TPSA) is 69.6 Å². The fraction of sp³-hybridized carbons (Fsp3) is 0.476. The third-order valence-electron chi connectivity index (χ3n) is 4.69. The smallest absolute Gasteiger partial charge is 0.226 e. The number of nitrogens with zero attached hydrogens (tertiary/aromatic N) is 3. The predicted octanol–water partition coefficient (Wildman–Crippen LogP) is 3.48. The number of thiazole rings is 1. The van der Waals surface area contributed by atoms with Gasteiger partial charge in [-0.05, 0) is 43.9 Å². The number of nitrogens with one attached hydrogen (secondary N) is 2. The summed E-state index contributed by atoms with van der Waals surface area (Å²) in [4.78, 5) is 24.4. The van der Waals surface area contributed by atoms with Gasteiger partial charge >= 0.3 is 0 Å². The molecule has 0 radical (unpaired) electrons. The highest BCUT2D eigenvalue weighted by molar-refractivity contribution is 7.11. The predicted molar refractivity (Wildman–Crippen MR) is 116 cm³/mol. The Labute approximate surface area is 171 Å². The van der Waals surface area contributed by atoms with Crippen LogP contribution in [0.2, 0.25) is 0 Å². The molecule has 6 nitrogen and oxygen atoms in total. The van der Waals surface area contributed by atoms with E-state index in [0.29, 0.717) is 19.5 Å². The lowest BCUT2D eigenvalue weighted by Gasteiger charge is -2.26. The van der Waals surface area contributed by atoms with Gasteiger partial charge in [0.15, 0.2) is 5.96 Å². The number of benzene rings is 1. The van der Waals surface area contributed by atoms with Crippen molar-refractivity contribution in [2.45, 2.75) is 52.6 Å². The summed E-state index contributed by atoms with van der Waals surface area (Å²) >= 11 is 1.73. The molecule has 7 heteroatoms. The molecule has 2 N–H and O–H groups in total. The molecule has 0 spiro atoms. The van der Waals surface area contributed by atoms with E-state index in [1.165, 1.54) is 4.88 Å². The van der Waals surface area contributed by atoms with E-state index in [-0.39, 0.29) is 5.91 Å². The molecule has 1 aromatic heterocycles. The molecule has 2 aromatic rings. The molecule has 28 heavy (non-hydrogen) atoms. The molecule has 1 aliphatic heterocycles. The van der Waals surface area contributed by atoms with Crippen LogP contribution in [0.4, 0.5) is 5.69 Å². The van der Waals surface area contributed by atoms with Crippen molar-refractivity contribution >= 4 is 28.9 Å². The van der Waals surface area contributed by atoms with E-state index < -0.39 is 0 Å². The number of aryl methyl sites for hydroxylation is 1. The maximum atomic E-state index is 12.1. The number of piperidine rings is 1. The number of hydrogen-bond acceptors (Lipinski definition) is 4. The van der Waals surface area contributed by atoms with E-state index in [1.807, 2.05) is 23.2 Å².